The molecule has 0 aromatic heterocycles. The lowest BCUT2D eigenvalue weighted by Crippen LogP contribution is -2.46. The molecule has 0 aliphatic heterocycles. The number of hydroxylamine groups is 1. The van der Waals surface area contributed by atoms with E-state index in [1.54, 1.807) is 0 Å². The summed E-state index contributed by atoms with van der Waals surface area (Å²) in [7, 11) is -4.79. The molecule has 0 rings (SSSR count). The van der Waals surface area contributed by atoms with E-state index >= 15 is 0 Å². The Morgan fingerprint density at radius 3 is 2.22 bits per heavy atom. The maximum Gasteiger partial charge on any atom is 0.469 e. The predicted octanol–water partition coefficient (Wildman–Crippen LogP) is -2.68. The van der Waals surface area contributed by atoms with Crippen LogP contribution in [0.1, 0.15) is 6.92 Å². The molecule has 7 N–H and O–H groups in total. The van der Waals surface area contributed by atoms with E-state index in [1.807, 2.05) is 0 Å². The van der Waals surface area contributed by atoms with Crippen molar-refractivity contribution >= 4 is 13.7 Å². The number of phosphoric ester groups is 1. The topological polar surface area (TPSA) is 177 Å². The summed E-state index contributed by atoms with van der Waals surface area (Å²) in [6.45, 7) is 0.300. The first-order valence-electron chi connectivity index (χ1n) is 4.78. The molecule has 11 heteroatoms. The summed E-state index contributed by atoms with van der Waals surface area (Å²) in [5.41, 5.74) is 1.16. The van der Waals surface area contributed by atoms with Crippen LogP contribution in [0.3, 0.4) is 0 Å². The van der Waals surface area contributed by atoms with Gasteiger partial charge in [0.05, 0.1) is 12.7 Å². The highest BCUT2D eigenvalue weighted by molar-refractivity contribution is 7.46. The minimum atomic E-state index is -4.79. The highest BCUT2D eigenvalue weighted by Gasteiger charge is 2.33. The van der Waals surface area contributed by atoms with Crippen molar-refractivity contribution in [3.63, 3.8) is 0 Å². The third-order valence-corrected chi connectivity index (χ3v) is 2.71. The van der Waals surface area contributed by atoms with Crippen molar-refractivity contribution in [2.24, 2.45) is 5.92 Å². The molecular formula is C7H16NO9P. The predicted molar refractivity (Wildman–Crippen MR) is 55.1 cm³/mol. The van der Waals surface area contributed by atoms with Crippen molar-refractivity contribution < 1.29 is 44.2 Å². The van der Waals surface area contributed by atoms with Crippen LogP contribution in [0.4, 0.5) is 0 Å². The standard InChI is InChI=1S/C7H16NO9P/c1-3(6(11)7(12)8-13)5(10)4(9)2-17-18(14,15)16/h3-6,9-11,13H,2H2,1H3,(H,8,12)(H2,14,15,16)/t3-,4?,5-,6?/m0/s1. The third kappa shape index (κ3) is 5.85. The molecule has 18 heavy (non-hydrogen) atoms. The molecule has 0 bridgehead atoms. The molecule has 0 aromatic rings. The summed E-state index contributed by atoms with van der Waals surface area (Å²) in [6.07, 6.45) is -5.23. The number of hydrogen-bond acceptors (Lipinski definition) is 7. The number of amides is 1. The monoisotopic (exact) mass is 289 g/mol. The van der Waals surface area contributed by atoms with Crippen molar-refractivity contribution in [2.45, 2.75) is 25.2 Å². The number of carbonyl (C=O) groups excluding carboxylic acids is 1. The van der Waals surface area contributed by atoms with Gasteiger partial charge in [0.15, 0.2) is 0 Å². The van der Waals surface area contributed by atoms with Crippen LogP contribution >= 0.6 is 7.82 Å². The van der Waals surface area contributed by atoms with Gasteiger partial charge < -0.3 is 25.1 Å². The van der Waals surface area contributed by atoms with Crippen molar-refractivity contribution in [1.29, 1.82) is 0 Å². The van der Waals surface area contributed by atoms with Crippen LogP contribution in [0.15, 0.2) is 0 Å². The largest absolute Gasteiger partial charge is 0.469 e. The molecule has 0 aliphatic carbocycles. The van der Waals surface area contributed by atoms with Gasteiger partial charge in [0.2, 0.25) is 0 Å². The van der Waals surface area contributed by atoms with Gasteiger partial charge in [0.25, 0.3) is 5.91 Å². The fraction of sp³-hybridized carbons (Fsp3) is 0.857. The van der Waals surface area contributed by atoms with Gasteiger partial charge in [-0.05, 0) is 0 Å². The molecule has 0 saturated heterocycles. The smallest absolute Gasteiger partial charge is 0.390 e. The average molecular weight is 289 g/mol. The lowest BCUT2D eigenvalue weighted by molar-refractivity contribution is -0.145. The SMILES string of the molecule is C[C@H](C(O)C(=O)NO)[C@H](O)C(O)COP(=O)(O)O. The lowest BCUT2D eigenvalue weighted by Gasteiger charge is -2.26. The van der Waals surface area contributed by atoms with Gasteiger partial charge in [-0.2, -0.15) is 0 Å². The van der Waals surface area contributed by atoms with Gasteiger partial charge in [-0.25, -0.2) is 10.0 Å². The quantitative estimate of drug-likeness (QED) is 0.149. The van der Waals surface area contributed by atoms with Crippen LogP contribution in [0.2, 0.25) is 0 Å². The van der Waals surface area contributed by atoms with E-state index in [0.29, 0.717) is 0 Å². The Labute approximate surface area is 102 Å². The van der Waals surface area contributed by atoms with Gasteiger partial charge >= 0.3 is 7.82 Å². The maximum atomic E-state index is 10.8. The van der Waals surface area contributed by atoms with Crippen LogP contribution in [-0.4, -0.2) is 61.1 Å². The number of nitrogens with one attached hydrogen (secondary N) is 1. The zero-order valence-corrected chi connectivity index (χ0v) is 10.3. The van der Waals surface area contributed by atoms with Crippen molar-refractivity contribution in [2.75, 3.05) is 6.61 Å². The Bertz CT molecular complexity index is 318. The summed E-state index contributed by atoms with van der Waals surface area (Å²) >= 11 is 0. The summed E-state index contributed by atoms with van der Waals surface area (Å²) in [5, 5.41) is 36.4. The highest BCUT2D eigenvalue weighted by atomic mass is 31.2. The normalized spacial score (nSPS) is 18.8. The van der Waals surface area contributed by atoms with E-state index in [4.69, 9.17) is 15.0 Å². The summed E-state index contributed by atoms with van der Waals surface area (Å²) in [6, 6.07) is 0. The van der Waals surface area contributed by atoms with E-state index in [2.05, 4.69) is 4.52 Å². The first kappa shape index (κ1) is 17.4. The number of aliphatic hydroxyl groups is 3. The Hall–Kier alpha value is -0.580. The van der Waals surface area contributed by atoms with E-state index < -0.39 is 44.6 Å². The molecule has 10 nitrogen and oxygen atoms in total. The second-order valence-electron chi connectivity index (χ2n) is 3.62. The molecule has 4 atom stereocenters. The van der Waals surface area contributed by atoms with E-state index in [0.717, 1.165) is 5.48 Å². The van der Waals surface area contributed by atoms with Crippen LogP contribution in [-0.2, 0) is 13.9 Å². The molecular weight excluding hydrogens is 273 g/mol. The van der Waals surface area contributed by atoms with Gasteiger partial charge in [0, 0.05) is 5.92 Å². The highest BCUT2D eigenvalue weighted by Crippen LogP contribution is 2.36. The van der Waals surface area contributed by atoms with Crippen LogP contribution in [0.5, 0.6) is 0 Å². The van der Waals surface area contributed by atoms with E-state index in [1.165, 1.54) is 6.92 Å². The zero-order valence-electron chi connectivity index (χ0n) is 9.37. The minimum absolute atomic E-state index is 0.886. The first-order valence-corrected chi connectivity index (χ1v) is 6.31. The molecule has 0 saturated carbocycles. The second kappa shape index (κ2) is 7.12. The van der Waals surface area contributed by atoms with Gasteiger partial charge in [-0.1, -0.05) is 6.92 Å². The number of hydrogen-bond donors (Lipinski definition) is 7. The summed E-state index contributed by atoms with van der Waals surface area (Å²) in [5.74, 6) is -2.39. The van der Waals surface area contributed by atoms with Crippen LogP contribution in [0, 0.1) is 5.92 Å². The molecule has 1 amide bonds. The minimum Gasteiger partial charge on any atom is -0.390 e. The molecule has 108 valence electrons. The number of rotatable bonds is 7. The zero-order chi connectivity index (χ0) is 14.5. The van der Waals surface area contributed by atoms with E-state index in [-0.39, 0.29) is 0 Å². The van der Waals surface area contributed by atoms with Crippen LogP contribution in [0.25, 0.3) is 0 Å². The van der Waals surface area contributed by atoms with Gasteiger partial charge in [-0.15, -0.1) is 0 Å². The maximum absolute atomic E-state index is 10.8. The van der Waals surface area contributed by atoms with Gasteiger partial charge in [-0.3, -0.25) is 14.5 Å². The number of aliphatic hydroxyl groups excluding tert-OH is 3. The molecule has 0 radical (unpaired) electrons. The Morgan fingerprint density at radius 2 is 1.83 bits per heavy atom. The fourth-order valence-electron chi connectivity index (χ4n) is 1.11. The Morgan fingerprint density at radius 1 is 1.33 bits per heavy atom. The van der Waals surface area contributed by atoms with Gasteiger partial charge in [0.1, 0.15) is 12.2 Å². The average Bonchev–Trinajstić information content (AvgIpc) is 2.31. The first-order chi connectivity index (χ1) is 8.10. The molecule has 0 fully saturated rings. The second-order valence-corrected chi connectivity index (χ2v) is 4.86. The molecule has 0 aromatic carbocycles. The molecule has 0 spiro atoms. The van der Waals surface area contributed by atoms with E-state index in [9.17, 15) is 24.7 Å². The van der Waals surface area contributed by atoms with Crippen LogP contribution < -0.4 is 5.48 Å². The molecule has 0 aliphatic rings. The lowest BCUT2D eigenvalue weighted by atomic mass is 9.94. The fourth-order valence-corrected chi connectivity index (χ4v) is 1.46. The third-order valence-electron chi connectivity index (χ3n) is 2.22. The van der Waals surface area contributed by atoms with Crippen molar-refractivity contribution in [1.82, 2.24) is 5.48 Å². The summed E-state index contributed by atoms with van der Waals surface area (Å²) in [4.78, 5) is 27.6. The molecule has 0 heterocycles. The van der Waals surface area contributed by atoms with Crippen molar-refractivity contribution in [3.8, 4) is 0 Å². The summed E-state index contributed by atoms with van der Waals surface area (Å²) < 4.78 is 14.3. The number of phosphoric acid groups is 1. The van der Waals surface area contributed by atoms with Crippen molar-refractivity contribution in [3.05, 3.63) is 0 Å². The molecule has 2 unspecified atom stereocenters. The number of carbonyl (C=O) groups is 1. The Balaban J connectivity index is 4.40. The Kier molecular flexibility index (Phi) is 6.89.